The first-order chi connectivity index (χ1) is 3.18. The number of allylic oxidation sites excluding steroid dienone is 2. The van der Waals surface area contributed by atoms with E-state index in [-0.39, 0.29) is 0 Å². The zero-order valence-electron chi connectivity index (χ0n) is 4.46. The lowest BCUT2D eigenvalue weighted by Crippen LogP contribution is -1.75. The molecule has 0 spiro atoms. The highest BCUT2D eigenvalue weighted by atomic mass is 79.9. The van der Waals surface area contributed by atoms with E-state index in [1.165, 1.54) is 5.57 Å². The summed E-state index contributed by atoms with van der Waals surface area (Å²) in [6.07, 6.45) is 0. The third-order valence-electron chi connectivity index (χ3n) is 0.789. The predicted molar refractivity (Wildman–Crippen MR) is 38.0 cm³/mol. The van der Waals surface area contributed by atoms with E-state index in [2.05, 4.69) is 15.9 Å². The maximum atomic E-state index is 5.46. The Bertz CT molecular complexity index is 82.1. The Labute approximate surface area is 57.7 Å². The van der Waals surface area contributed by atoms with Gasteiger partial charge >= 0.3 is 0 Å². The van der Waals surface area contributed by atoms with Gasteiger partial charge in [-0.1, -0.05) is 15.9 Å². The second-order valence-electron chi connectivity index (χ2n) is 1.45. The van der Waals surface area contributed by atoms with Crippen LogP contribution in [0.25, 0.3) is 0 Å². The third kappa shape index (κ3) is 3.12. The van der Waals surface area contributed by atoms with Crippen LogP contribution in [0.4, 0.5) is 0 Å². The molecule has 0 bridgehead atoms. The monoisotopic (exact) mass is 182 g/mol. The van der Waals surface area contributed by atoms with E-state index in [0.29, 0.717) is 5.88 Å². The molecule has 0 aromatic rings. The van der Waals surface area contributed by atoms with Gasteiger partial charge in [-0.25, -0.2) is 0 Å². The summed E-state index contributed by atoms with van der Waals surface area (Å²) in [5, 5.41) is 0. The molecular formula is C5H8BrCl. The zero-order valence-corrected chi connectivity index (χ0v) is 6.80. The van der Waals surface area contributed by atoms with Gasteiger partial charge in [-0.05, 0) is 23.9 Å². The standard InChI is InChI=1S/C5H8BrCl/c1-4(3-7)5(2)6/h3H2,1-2H3. The van der Waals surface area contributed by atoms with Crippen LogP contribution in [-0.4, -0.2) is 5.88 Å². The number of rotatable bonds is 1. The van der Waals surface area contributed by atoms with Gasteiger partial charge in [0.25, 0.3) is 0 Å². The third-order valence-corrected chi connectivity index (χ3v) is 1.87. The Morgan fingerprint density at radius 1 is 1.57 bits per heavy atom. The molecule has 0 fully saturated rings. The minimum atomic E-state index is 0.622. The molecule has 0 aliphatic carbocycles. The van der Waals surface area contributed by atoms with E-state index < -0.39 is 0 Å². The van der Waals surface area contributed by atoms with Gasteiger partial charge in [0.15, 0.2) is 0 Å². The molecule has 0 heterocycles. The average Bonchev–Trinajstić information content (AvgIpc) is 1.65. The number of hydrogen-bond acceptors (Lipinski definition) is 0. The molecule has 0 aromatic carbocycles. The van der Waals surface area contributed by atoms with Crippen LogP contribution >= 0.6 is 27.5 Å². The van der Waals surface area contributed by atoms with E-state index in [1.54, 1.807) is 0 Å². The minimum absolute atomic E-state index is 0.622. The molecule has 0 atom stereocenters. The summed E-state index contributed by atoms with van der Waals surface area (Å²) in [5.41, 5.74) is 1.20. The smallest absolute Gasteiger partial charge is 0.0441 e. The lowest BCUT2D eigenvalue weighted by atomic mass is 10.3. The summed E-state index contributed by atoms with van der Waals surface area (Å²) < 4.78 is 1.14. The van der Waals surface area contributed by atoms with Crippen molar-refractivity contribution < 1.29 is 0 Å². The molecule has 0 saturated heterocycles. The molecule has 0 radical (unpaired) electrons. The van der Waals surface area contributed by atoms with Crippen molar-refractivity contribution in [2.45, 2.75) is 13.8 Å². The fraction of sp³-hybridized carbons (Fsp3) is 0.600. The Hall–Kier alpha value is 0.510. The maximum Gasteiger partial charge on any atom is 0.0441 e. The summed E-state index contributed by atoms with van der Waals surface area (Å²) in [6, 6.07) is 0. The first kappa shape index (κ1) is 7.51. The Morgan fingerprint density at radius 2 is 2.00 bits per heavy atom. The Balaban J connectivity index is 3.72. The van der Waals surface area contributed by atoms with E-state index in [1.807, 2.05) is 13.8 Å². The van der Waals surface area contributed by atoms with E-state index >= 15 is 0 Å². The Kier molecular flexibility index (Phi) is 3.76. The summed E-state index contributed by atoms with van der Waals surface area (Å²) in [4.78, 5) is 0. The fourth-order valence-electron chi connectivity index (χ4n) is 0.0921. The predicted octanol–water partition coefficient (Wildman–Crippen LogP) is 2.91. The van der Waals surface area contributed by atoms with Crippen molar-refractivity contribution in [2.75, 3.05) is 5.88 Å². The first-order valence-electron chi connectivity index (χ1n) is 2.06. The lowest BCUT2D eigenvalue weighted by Gasteiger charge is -1.91. The molecule has 0 saturated carbocycles. The van der Waals surface area contributed by atoms with Crippen LogP contribution in [0.3, 0.4) is 0 Å². The van der Waals surface area contributed by atoms with Crippen LogP contribution in [0.5, 0.6) is 0 Å². The highest BCUT2D eigenvalue weighted by Crippen LogP contribution is 2.10. The van der Waals surface area contributed by atoms with Crippen LogP contribution in [0, 0.1) is 0 Å². The summed E-state index contributed by atoms with van der Waals surface area (Å²) >= 11 is 8.75. The van der Waals surface area contributed by atoms with E-state index in [9.17, 15) is 0 Å². The van der Waals surface area contributed by atoms with Crippen molar-refractivity contribution in [3.05, 3.63) is 10.1 Å². The molecule has 0 aliphatic heterocycles. The highest BCUT2D eigenvalue weighted by molar-refractivity contribution is 9.11. The van der Waals surface area contributed by atoms with Gasteiger partial charge in [0.1, 0.15) is 0 Å². The molecule has 2 heteroatoms. The molecule has 0 aromatic heterocycles. The zero-order chi connectivity index (χ0) is 5.86. The minimum Gasteiger partial charge on any atom is -0.122 e. The van der Waals surface area contributed by atoms with Gasteiger partial charge in [0.05, 0.1) is 0 Å². The SMILES string of the molecule is CC(Br)=C(C)CCl. The van der Waals surface area contributed by atoms with Crippen LogP contribution in [0.15, 0.2) is 10.1 Å². The maximum absolute atomic E-state index is 5.46. The van der Waals surface area contributed by atoms with Gasteiger partial charge in [-0.15, -0.1) is 11.6 Å². The van der Waals surface area contributed by atoms with Crippen molar-refractivity contribution in [3.63, 3.8) is 0 Å². The molecule has 0 aliphatic rings. The van der Waals surface area contributed by atoms with Gasteiger partial charge in [0, 0.05) is 5.88 Å². The molecule has 0 amide bonds. The second kappa shape index (κ2) is 3.50. The van der Waals surface area contributed by atoms with Crippen LogP contribution in [0.1, 0.15) is 13.8 Å². The van der Waals surface area contributed by atoms with Crippen LogP contribution in [0.2, 0.25) is 0 Å². The molecule has 42 valence electrons. The largest absolute Gasteiger partial charge is 0.122 e. The van der Waals surface area contributed by atoms with Gasteiger partial charge in [0.2, 0.25) is 0 Å². The molecule has 7 heavy (non-hydrogen) atoms. The number of halogens is 2. The average molecular weight is 183 g/mol. The van der Waals surface area contributed by atoms with Crippen molar-refractivity contribution in [1.82, 2.24) is 0 Å². The Morgan fingerprint density at radius 3 is 2.00 bits per heavy atom. The molecule has 0 nitrogen and oxygen atoms in total. The topological polar surface area (TPSA) is 0 Å². The fourth-order valence-corrected chi connectivity index (χ4v) is 0.594. The van der Waals surface area contributed by atoms with Crippen LogP contribution < -0.4 is 0 Å². The molecule has 0 unspecified atom stereocenters. The van der Waals surface area contributed by atoms with Crippen molar-refractivity contribution in [2.24, 2.45) is 0 Å². The normalized spacial score (nSPS) is 13.7. The lowest BCUT2D eigenvalue weighted by molar-refractivity contribution is 1.36. The van der Waals surface area contributed by atoms with Crippen molar-refractivity contribution >= 4 is 27.5 Å². The van der Waals surface area contributed by atoms with Crippen molar-refractivity contribution in [3.8, 4) is 0 Å². The van der Waals surface area contributed by atoms with Gasteiger partial charge < -0.3 is 0 Å². The molecular weight excluding hydrogens is 175 g/mol. The summed E-state index contributed by atoms with van der Waals surface area (Å²) in [6.45, 7) is 3.98. The summed E-state index contributed by atoms with van der Waals surface area (Å²) in [5.74, 6) is 0.622. The van der Waals surface area contributed by atoms with E-state index in [0.717, 1.165) is 4.48 Å². The quantitative estimate of drug-likeness (QED) is 0.549. The van der Waals surface area contributed by atoms with E-state index in [4.69, 9.17) is 11.6 Å². The number of hydrogen-bond donors (Lipinski definition) is 0. The summed E-state index contributed by atoms with van der Waals surface area (Å²) in [7, 11) is 0. The van der Waals surface area contributed by atoms with Crippen molar-refractivity contribution in [1.29, 1.82) is 0 Å². The number of alkyl halides is 1. The molecule has 0 rings (SSSR count). The van der Waals surface area contributed by atoms with Crippen LogP contribution in [-0.2, 0) is 0 Å². The van der Waals surface area contributed by atoms with Gasteiger partial charge in [-0.2, -0.15) is 0 Å². The highest BCUT2D eigenvalue weighted by Gasteiger charge is 1.86. The second-order valence-corrected chi connectivity index (χ2v) is 2.90. The van der Waals surface area contributed by atoms with Gasteiger partial charge in [-0.3, -0.25) is 0 Å². The first-order valence-corrected chi connectivity index (χ1v) is 3.39. The molecule has 0 N–H and O–H groups in total.